The van der Waals surface area contributed by atoms with Gasteiger partial charge >= 0.3 is 0 Å². The van der Waals surface area contributed by atoms with Crippen LogP contribution in [-0.2, 0) is 27.3 Å². The zero-order valence-corrected chi connectivity index (χ0v) is 19.6. The summed E-state index contributed by atoms with van der Waals surface area (Å²) in [6.07, 6.45) is 3.31. The molecule has 0 aromatic carbocycles. The number of hydrogen-bond donors (Lipinski definition) is 1. The number of morpholine rings is 1. The lowest BCUT2D eigenvalue weighted by molar-refractivity contribution is -0.140. The summed E-state index contributed by atoms with van der Waals surface area (Å²) in [5.41, 5.74) is 2.09. The van der Waals surface area contributed by atoms with Crippen LogP contribution in [0.5, 0.6) is 0 Å². The molecule has 2 fully saturated rings. The highest BCUT2D eigenvalue weighted by molar-refractivity contribution is 5.82. The molecule has 9 nitrogen and oxygen atoms in total. The maximum Gasteiger partial charge on any atom is 0.240 e. The number of fused-ring (bicyclic) bond motifs is 1. The van der Waals surface area contributed by atoms with E-state index in [-0.39, 0.29) is 23.8 Å². The van der Waals surface area contributed by atoms with Crippen molar-refractivity contribution < 1.29 is 14.3 Å². The minimum absolute atomic E-state index is 0.0959. The van der Waals surface area contributed by atoms with E-state index < -0.39 is 0 Å². The number of carbonyl (C=O) groups excluding carboxylic acids is 2. The molecule has 0 unspecified atom stereocenters. The van der Waals surface area contributed by atoms with E-state index in [1.165, 1.54) is 0 Å². The van der Waals surface area contributed by atoms with Gasteiger partial charge in [0.2, 0.25) is 11.8 Å². The molecular weight excluding hydrogens is 408 g/mol. The van der Waals surface area contributed by atoms with E-state index in [1.807, 2.05) is 16.8 Å². The first kappa shape index (κ1) is 22.9. The highest BCUT2D eigenvalue weighted by atomic mass is 16.5. The van der Waals surface area contributed by atoms with Gasteiger partial charge in [0.15, 0.2) is 0 Å². The van der Waals surface area contributed by atoms with Crippen molar-refractivity contribution in [2.45, 2.75) is 58.0 Å². The number of nitrogens with zero attached hydrogens (tertiary/aromatic N) is 5. The molecular formula is C23H36N6O3. The molecule has 0 radical (unpaired) electrons. The molecule has 1 aromatic rings. The fourth-order valence-corrected chi connectivity index (χ4v) is 5.17. The van der Waals surface area contributed by atoms with Gasteiger partial charge in [-0.3, -0.25) is 14.5 Å². The van der Waals surface area contributed by atoms with E-state index in [1.54, 1.807) is 6.92 Å². The number of anilines is 1. The summed E-state index contributed by atoms with van der Waals surface area (Å²) in [4.78, 5) is 41.0. The number of rotatable bonds is 5. The summed E-state index contributed by atoms with van der Waals surface area (Å²) in [5.74, 6) is 2.29. The third-order valence-electron chi connectivity index (χ3n) is 7.09. The molecule has 0 spiro atoms. The first-order valence-electron chi connectivity index (χ1n) is 11.9. The Morgan fingerprint density at radius 3 is 2.44 bits per heavy atom. The average Bonchev–Trinajstić information content (AvgIpc) is 2.84. The van der Waals surface area contributed by atoms with Crippen LogP contribution in [0.25, 0.3) is 0 Å². The van der Waals surface area contributed by atoms with Crippen molar-refractivity contribution in [2.75, 3.05) is 58.3 Å². The fourth-order valence-electron chi connectivity index (χ4n) is 5.17. The van der Waals surface area contributed by atoms with Gasteiger partial charge in [-0.05, 0) is 25.7 Å². The smallest absolute Gasteiger partial charge is 0.240 e. The maximum absolute atomic E-state index is 13.4. The van der Waals surface area contributed by atoms with Crippen molar-refractivity contribution in [1.82, 2.24) is 24.7 Å². The zero-order chi connectivity index (χ0) is 22.7. The average molecular weight is 445 g/mol. The number of aromatic nitrogens is 2. The van der Waals surface area contributed by atoms with Crippen LogP contribution in [0.3, 0.4) is 0 Å². The molecule has 1 N–H and O–H groups in total. The SMILES string of the molecule is CC[C@H](C(=O)N1CCc2c(nc(C3CCN(C(C)=O)CC3)nc2NC)C1)N1CCOCC1. The molecule has 3 aliphatic heterocycles. The Balaban J connectivity index is 1.51. The molecule has 4 rings (SSSR count). The third kappa shape index (κ3) is 4.73. The predicted molar refractivity (Wildman–Crippen MR) is 121 cm³/mol. The number of hydrogen-bond acceptors (Lipinski definition) is 7. The largest absolute Gasteiger partial charge is 0.379 e. The van der Waals surface area contributed by atoms with Crippen molar-refractivity contribution in [1.29, 1.82) is 0 Å². The summed E-state index contributed by atoms with van der Waals surface area (Å²) < 4.78 is 5.47. The Labute approximate surface area is 190 Å². The lowest BCUT2D eigenvalue weighted by Gasteiger charge is -2.38. The molecule has 32 heavy (non-hydrogen) atoms. The van der Waals surface area contributed by atoms with Gasteiger partial charge in [0.1, 0.15) is 11.6 Å². The molecule has 3 aliphatic rings. The fraction of sp³-hybridized carbons (Fsp3) is 0.739. The van der Waals surface area contributed by atoms with Gasteiger partial charge < -0.3 is 19.9 Å². The number of nitrogens with one attached hydrogen (secondary N) is 1. The summed E-state index contributed by atoms with van der Waals surface area (Å²) in [6.45, 7) is 9.44. The summed E-state index contributed by atoms with van der Waals surface area (Å²) >= 11 is 0. The molecule has 176 valence electrons. The molecule has 2 saturated heterocycles. The second-order valence-corrected chi connectivity index (χ2v) is 8.97. The quantitative estimate of drug-likeness (QED) is 0.731. The number of amides is 2. The first-order valence-corrected chi connectivity index (χ1v) is 11.9. The van der Waals surface area contributed by atoms with Crippen LogP contribution in [0.1, 0.15) is 56.1 Å². The lowest BCUT2D eigenvalue weighted by Crippen LogP contribution is -2.53. The topological polar surface area (TPSA) is 90.9 Å². The number of likely N-dealkylation sites (tertiary alicyclic amines) is 1. The van der Waals surface area contributed by atoms with Crippen LogP contribution < -0.4 is 5.32 Å². The lowest BCUT2D eigenvalue weighted by atomic mass is 9.95. The zero-order valence-electron chi connectivity index (χ0n) is 19.6. The van der Waals surface area contributed by atoms with E-state index in [0.717, 1.165) is 74.8 Å². The maximum atomic E-state index is 13.4. The Kier molecular flexibility index (Phi) is 7.25. The highest BCUT2D eigenvalue weighted by Gasteiger charge is 2.33. The van der Waals surface area contributed by atoms with Gasteiger partial charge in [0.25, 0.3) is 0 Å². The first-order chi connectivity index (χ1) is 15.5. The van der Waals surface area contributed by atoms with Crippen molar-refractivity contribution in [2.24, 2.45) is 0 Å². The van der Waals surface area contributed by atoms with Crippen LogP contribution in [0, 0.1) is 0 Å². The van der Waals surface area contributed by atoms with Crippen LogP contribution in [0.15, 0.2) is 0 Å². The molecule has 1 aromatic heterocycles. The molecule has 2 amide bonds. The van der Waals surface area contributed by atoms with Crippen LogP contribution >= 0.6 is 0 Å². The number of piperidine rings is 1. The Bertz CT molecular complexity index is 833. The second kappa shape index (κ2) is 10.1. The van der Waals surface area contributed by atoms with Gasteiger partial charge in [-0.2, -0.15) is 0 Å². The molecule has 0 bridgehead atoms. The van der Waals surface area contributed by atoms with Crippen molar-refractivity contribution in [3.05, 3.63) is 17.1 Å². The molecule has 4 heterocycles. The molecule has 1 atom stereocenters. The van der Waals surface area contributed by atoms with Crippen molar-refractivity contribution in [3.63, 3.8) is 0 Å². The second-order valence-electron chi connectivity index (χ2n) is 8.97. The molecule has 9 heteroatoms. The number of ether oxygens (including phenoxy) is 1. The van der Waals surface area contributed by atoms with Gasteiger partial charge in [-0.15, -0.1) is 0 Å². The molecule has 0 aliphatic carbocycles. The van der Waals surface area contributed by atoms with Crippen molar-refractivity contribution >= 4 is 17.6 Å². The van der Waals surface area contributed by atoms with E-state index in [2.05, 4.69) is 17.1 Å². The summed E-state index contributed by atoms with van der Waals surface area (Å²) in [6, 6.07) is -0.0959. The normalized spacial score (nSPS) is 21.2. The Hall–Kier alpha value is -2.26. The standard InChI is InChI=1S/C23H36N6O3/c1-4-20(28-11-13-32-14-12-28)23(31)29-10-7-18-19(15-29)25-21(26-22(18)24-3)17-5-8-27(9-6-17)16(2)30/h17,20H,4-15H2,1-3H3,(H,24,25,26)/t20-/m1/s1. The summed E-state index contributed by atoms with van der Waals surface area (Å²) in [7, 11) is 1.90. The highest BCUT2D eigenvalue weighted by Crippen LogP contribution is 2.31. The van der Waals surface area contributed by atoms with Gasteiger partial charge in [0, 0.05) is 58.2 Å². The predicted octanol–water partition coefficient (Wildman–Crippen LogP) is 1.24. The van der Waals surface area contributed by atoms with Crippen LogP contribution in [0.2, 0.25) is 0 Å². The van der Waals surface area contributed by atoms with Crippen molar-refractivity contribution in [3.8, 4) is 0 Å². The van der Waals surface area contributed by atoms with E-state index in [9.17, 15) is 9.59 Å². The summed E-state index contributed by atoms with van der Waals surface area (Å²) in [5, 5.41) is 3.25. The minimum Gasteiger partial charge on any atom is -0.379 e. The number of carbonyl (C=O) groups is 2. The van der Waals surface area contributed by atoms with Crippen LogP contribution in [0.4, 0.5) is 5.82 Å². The van der Waals surface area contributed by atoms with E-state index >= 15 is 0 Å². The van der Waals surface area contributed by atoms with E-state index in [4.69, 9.17) is 14.7 Å². The Morgan fingerprint density at radius 2 is 1.81 bits per heavy atom. The van der Waals surface area contributed by atoms with Crippen LogP contribution in [-0.4, -0.2) is 95.5 Å². The van der Waals surface area contributed by atoms with E-state index in [0.29, 0.717) is 26.3 Å². The monoisotopic (exact) mass is 444 g/mol. The van der Waals surface area contributed by atoms with Gasteiger partial charge in [-0.25, -0.2) is 9.97 Å². The molecule has 0 saturated carbocycles. The van der Waals surface area contributed by atoms with Gasteiger partial charge in [0.05, 0.1) is 31.5 Å². The minimum atomic E-state index is -0.0959. The Morgan fingerprint density at radius 1 is 1.09 bits per heavy atom. The van der Waals surface area contributed by atoms with Gasteiger partial charge in [-0.1, -0.05) is 6.92 Å². The third-order valence-corrected chi connectivity index (χ3v) is 7.09.